The summed E-state index contributed by atoms with van der Waals surface area (Å²) in [5.74, 6) is 0.347. The van der Waals surface area contributed by atoms with Crippen molar-refractivity contribution in [2.24, 2.45) is 11.3 Å². The van der Waals surface area contributed by atoms with Crippen LogP contribution in [0.25, 0.3) is 0 Å². The first-order valence-electron chi connectivity index (χ1n) is 5.50. The smallest absolute Gasteiger partial charge is 0.311 e. The summed E-state index contributed by atoms with van der Waals surface area (Å²) in [6, 6.07) is 0. The van der Waals surface area contributed by atoms with Crippen LogP contribution in [-0.2, 0) is 9.53 Å². The van der Waals surface area contributed by atoms with Gasteiger partial charge < -0.3 is 4.74 Å². The average Bonchev–Trinajstić information content (AvgIpc) is 2.02. The Kier molecular flexibility index (Phi) is 5.17. The van der Waals surface area contributed by atoms with Gasteiger partial charge in [0.1, 0.15) is 6.10 Å². The molecule has 0 rings (SSSR count). The lowest BCUT2D eigenvalue weighted by Crippen LogP contribution is -2.30. The van der Waals surface area contributed by atoms with E-state index in [1.165, 1.54) is 0 Å². The Morgan fingerprint density at radius 2 is 1.79 bits per heavy atom. The second kappa shape index (κ2) is 5.38. The number of hydrogen-bond acceptors (Lipinski definition) is 2. The summed E-state index contributed by atoms with van der Waals surface area (Å²) < 4.78 is 5.39. The SMILES string of the molecule is CCCC(C)C(C)OC(=O)C(C)(C)C. The van der Waals surface area contributed by atoms with Crippen molar-refractivity contribution in [2.75, 3.05) is 0 Å². The van der Waals surface area contributed by atoms with Crippen LogP contribution in [0.15, 0.2) is 0 Å². The van der Waals surface area contributed by atoms with Crippen molar-refractivity contribution in [3.05, 3.63) is 0 Å². The Hall–Kier alpha value is -0.530. The molecule has 0 amide bonds. The predicted molar refractivity (Wildman–Crippen MR) is 59.1 cm³/mol. The molecule has 0 fully saturated rings. The van der Waals surface area contributed by atoms with E-state index in [-0.39, 0.29) is 17.5 Å². The summed E-state index contributed by atoms with van der Waals surface area (Å²) in [4.78, 5) is 11.6. The van der Waals surface area contributed by atoms with E-state index < -0.39 is 0 Å². The molecule has 2 nitrogen and oxygen atoms in total. The van der Waals surface area contributed by atoms with Gasteiger partial charge in [0.05, 0.1) is 5.41 Å². The lowest BCUT2D eigenvalue weighted by molar-refractivity contribution is -0.160. The van der Waals surface area contributed by atoms with E-state index in [2.05, 4.69) is 13.8 Å². The molecule has 2 atom stereocenters. The van der Waals surface area contributed by atoms with Crippen LogP contribution in [-0.4, -0.2) is 12.1 Å². The average molecular weight is 200 g/mol. The van der Waals surface area contributed by atoms with Gasteiger partial charge in [0.15, 0.2) is 0 Å². The maximum atomic E-state index is 11.6. The Bertz CT molecular complexity index is 179. The quantitative estimate of drug-likeness (QED) is 0.650. The van der Waals surface area contributed by atoms with Crippen molar-refractivity contribution in [1.29, 1.82) is 0 Å². The molecular formula is C12H24O2. The normalized spacial score (nSPS) is 16.1. The molecule has 14 heavy (non-hydrogen) atoms. The second-order valence-corrected chi connectivity index (χ2v) is 5.13. The van der Waals surface area contributed by atoms with Crippen LogP contribution in [0.3, 0.4) is 0 Å². The topological polar surface area (TPSA) is 26.3 Å². The molecule has 84 valence electrons. The first-order chi connectivity index (χ1) is 6.29. The first-order valence-corrected chi connectivity index (χ1v) is 5.50. The van der Waals surface area contributed by atoms with Crippen LogP contribution in [0.1, 0.15) is 54.4 Å². The third-order valence-electron chi connectivity index (χ3n) is 2.45. The van der Waals surface area contributed by atoms with Gasteiger partial charge in [-0.2, -0.15) is 0 Å². The Balaban J connectivity index is 4.06. The molecule has 0 N–H and O–H groups in total. The highest BCUT2D eigenvalue weighted by molar-refractivity contribution is 5.75. The zero-order valence-electron chi connectivity index (χ0n) is 10.4. The summed E-state index contributed by atoms with van der Waals surface area (Å²) >= 11 is 0. The highest BCUT2D eigenvalue weighted by Gasteiger charge is 2.26. The number of carbonyl (C=O) groups excluding carboxylic acids is 1. The number of hydrogen-bond donors (Lipinski definition) is 0. The van der Waals surface area contributed by atoms with Gasteiger partial charge in [-0.3, -0.25) is 4.79 Å². The lowest BCUT2D eigenvalue weighted by Gasteiger charge is -2.24. The fraction of sp³-hybridized carbons (Fsp3) is 0.917. The molecule has 2 unspecified atom stereocenters. The molecule has 0 aromatic rings. The fourth-order valence-electron chi connectivity index (χ4n) is 1.15. The molecule has 0 aromatic carbocycles. The van der Waals surface area contributed by atoms with Crippen molar-refractivity contribution >= 4 is 5.97 Å². The molecule has 0 bridgehead atoms. The van der Waals surface area contributed by atoms with Gasteiger partial charge >= 0.3 is 5.97 Å². The predicted octanol–water partition coefficient (Wildman–Crippen LogP) is 3.40. The van der Waals surface area contributed by atoms with Crippen LogP contribution in [0.5, 0.6) is 0 Å². The van der Waals surface area contributed by atoms with Gasteiger partial charge in [-0.25, -0.2) is 0 Å². The number of esters is 1. The first kappa shape index (κ1) is 13.5. The summed E-state index contributed by atoms with van der Waals surface area (Å²) in [7, 11) is 0. The third-order valence-corrected chi connectivity index (χ3v) is 2.45. The minimum absolute atomic E-state index is 0.0293. The third kappa shape index (κ3) is 4.64. The highest BCUT2D eigenvalue weighted by atomic mass is 16.5. The van der Waals surface area contributed by atoms with Crippen LogP contribution >= 0.6 is 0 Å². The Labute approximate surface area is 88.0 Å². The van der Waals surface area contributed by atoms with Crippen LogP contribution in [0.2, 0.25) is 0 Å². The zero-order valence-corrected chi connectivity index (χ0v) is 10.4. The van der Waals surface area contributed by atoms with E-state index in [0.717, 1.165) is 12.8 Å². The van der Waals surface area contributed by atoms with E-state index >= 15 is 0 Å². The van der Waals surface area contributed by atoms with Crippen LogP contribution < -0.4 is 0 Å². The molecule has 2 heteroatoms. The molecule has 0 saturated carbocycles. The second-order valence-electron chi connectivity index (χ2n) is 5.13. The molecule has 0 spiro atoms. The minimum atomic E-state index is -0.389. The van der Waals surface area contributed by atoms with Gasteiger partial charge in [-0.1, -0.05) is 20.3 Å². The molecule has 0 aliphatic rings. The van der Waals surface area contributed by atoms with E-state index in [9.17, 15) is 4.79 Å². The van der Waals surface area contributed by atoms with E-state index in [4.69, 9.17) is 4.74 Å². The van der Waals surface area contributed by atoms with Crippen molar-refractivity contribution in [3.8, 4) is 0 Å². The summed E-state index contributed by atoms with van der Waals surface area (Å²) in [6.45, 7) is 11.9. The summed E-state index contributed by atoms with van der Waals surface area (Å²) in [5.41, 5.74) is -0.389. The van der Waals surface area contributed by atoms with Gasteiger partial charge in [0.25, 0.3) is 0 Å². The van der Waals surface area contributed by atoms with E-state index in [1.54, 1.807) is 0 Å². The van der Waals surface area contributed by atoms with Crippen molar-refractivity contribution in [1.82, 2.24) is 0 Å². The van der Waals surface area contributed by atoms with Gasteiger partial charge in [-0.05, 0) is 40.0 Å². The summed E-state index contributed by atoms with van der Waals surface area (Å²) in [5, 5.41) is 0. The molecular weight excluding hydrogens is 176 g/mol. The van der Waals surface area contributed by atoms with Gasteiger partial charge in [0.2, 0.25) is 0 Å². The zero-order chi connectivity index (χ0) is 11.4. The summed E-state index contributed by atoms with van der Waals surface area (Å²) in [6.07, 6.45) is 2.28. The maximum Gasteiger partial charge on any atom is 0.311 e. The molecule has 0 radical (unpaired) electrons. The molecule has 0 aliphatic heterocycles. The van der Waals surface area contributed by atoms with Crippen LogP contribution in [0, 0.1) is 11.3 Å². The van der Waals surface area contributed by atoms with E-state index in [1.807, 2.05) is 27.7 Å². The Morgan fingerprint density at radius 3 is 2.14 bits per heavy atom. The van der Waals surface area contributed by atoms with Gasteiger partial charge in [0, 0.05) is 0 Å². The van der Waals surface area contributed by atoms with Crippen molar-refractivity contribution in [2.45, 2.75) is 60.5 Å². The standard InChI is InChI=1S/C12H24O2/c1-7-8-9(2)10(3)14-11(13)12(4,5)6/h9-10H,7-8H2,1-6H3. The molecule has 0 saturated heterocycles. The molecule has 0 heterocycles. The molecule has 0 aromatic heterocycles. The Morgan fingerprint density at radius 1 is 1.29 bits per heavy atom. The maximum absolute atomic E-state index is 11.6. The van der Waals surface area contributed by atoms with E-state index in [0.29, 0.717) is 5.92 Å². The number of carbonyl (C=O) groups is 1. The van der Waals surface area contributed by atoms with Crippen molar-refractivity contribution < 1.29 is 9.53 Å². The lowest BCUT2D eigenvalue weighted by atomic mass is 9.96. The number of ether oxygens (including phenoxy) is 1. The van der Waals surface area contributed by atoms with Gasteiger partial charge in [-0.15, -0.1) is 0 Å². The molecule has 0 aliphatic carbocycles. The van der Waals surface area contributed by atoms with Crippen molar-refractivity contribution in [3.63, 3.8) is 0 Å². The monoisotopic (exact) mass is 200 g/mol. The van der Waals surface area contributed by atoms with Crippen LogP contribution in [0.4, 0.5) is 0 Å². The minimum Gasteiger partial charge on any atom is -0.462 e. The fourth-order valence-corrected chi connectivity index (χ4v) is 1.15. The largest absolute Gasteiger partial charge is 0.462 e. The number of rotatable bonds is 4. The highest BCUT2D eigenvalue weighted by Crippen LogP contribution is 2.20.